The Kier molecular flexibility index (Phi) is 5.05. The van der Waals surface area contributed by atoms with Gasteiger partial charge in [0.15, 0.2) is 0 Å². The number of hydrogen-bond donors (Lipinski definition) is 2. The van der Waals surface area contributed by atoms with Gasteiger partial charge < -0.3 is 15.3 Å². The minimum absolute atomic E-state index is 0.0269. The highest BCUT2D eigenvalue weighted by molar-refractivity contribution is 5.76. The van der Waals surface area contributed by atoms with Gasteiger partial charge in [-0.3, -0.25) is 4.79 Å². The molecule has 2 N–H and O–H groups in total. The lowest BCUT2D eigenvalue weighted by molar-refractivity contribution is -0.137. The molecule has 20 heavy (non-hydrogen) atoms. The van der Waals surface area contributed by atoms with Crippen LogP contribution in [-0.2, 0) is 4.79 Å². The van der Waals surface area contributed by atoms with Crippen molar-refractivity contribution in [2.24, 2.45) is 5.41 Å². The lowest BCUT2D eigenvalue weighted by Crippen LogP contribution is -2.53. The molecule has 0 aromatic carbocycles. The first-order valence-corrected chi connectivity index (χ1v) is 7.31. The van der Waals surface area contributed by atoms with Gasteiger partial charge in [0.25, 0.3) is 0 Å². The van der Waals surface area contributed by atoms with Gasteiger partial charge in [-0.15, -0.1) is 0 Å². The Morgan fingerprint density at radius 1 is 1.35 bits per heavy atom. The van der Waals surface area contributed by atoms with Crippen molar-refractivity contribution in [1.29, 1.82) is 0 Å². The molecule has 1 atom stereocenters. The van der Waals surface area contributed by atoms with E-state index in [0.29, 0.717) is 0 Å². The Morgan fingerprint density at radius 3 is 2.35 bits per heavy atom. The van der Waals surface area contributed by atoms with E-state index in [1.54, 1.807) is 4.90 Å². The van der Waals surface area contributed by atoms with Crippen molar-refractivity contribution < 1.29 is 14.7 Å². The second-order valence-electron chi connectivity index (χ2n) is 7.52. The second kappa shape index (κ2) is 6.02. The van der Waals surface area contributed by atoms with Gasteiger partial charge in [-0.05, 0) is 45.4 Å². The number of carboxylic acid groups (broad SMARTS) is 1. The molecule has 2 amide bonds. The number of hydrogen-bond acceptors (Lipinski definition) is 2. The maximum Gasteiger partial charge on any atom is 0.318 e. The molecule has 0 aromatic rings. The standard InChI is InChI=1S/C15H28N2O3/c1-14(2,3)17(9-7-12(18)19)13(20)16-11-6-8-15(4,5)10-11/h11H,6-10H2,1-5H3,(H,16,20)(H,18,19). The van der Waals surface area contributed by atoms with E-state index in [9.17, 15) is 9.59 Å². The van der Waals surface area contributed by atoms with Crippen LogP contribution in [0.25, 0.3) is 0 Å². The van der Waals surface area contributed by atoms with Crippen LogP contribution in [0.5, 0.6) is 0 Å². The summed E-state index contributed by atoms with van der Waals surface area (Å²) in [6.45, 7) is 10.4. The number of amides is 2. The third kappa shape index (κ3) is 5.02. The summed E-state index contributed by atoms with van der Waals surface area (Å²) in [7, 11) is 0. The first-order chi connectivity index (χ1) is 9.01. The van der Waals surface area contributed by atoms with Gasteiger partial charge in [0.1, 0.15) is 0 Å². The summed E-state index contributed by atoms with van der Waals surface area (Å²) < 4.78 is 0. The molecule has 0 spiro atoms. The van der Waals surface area contributed by atoms with Crippen LogP contribution in [0.4, 0.5) is 4.79 Å². The molecule has 1 aliphatic carbocycles. The highest BCUT2D eigenvalue weighted by Crippen LogP contribution is 2.37. The average Bonchev–Trinajstić information content (AvgIpc) is 2.55. The van der Waals surface area contributed by atoms with E-state index in [2.05, 4.69) is 19.2 Å². The van der Waals surface area contributed by atoms with Crippen LogP contribution in [0.15, 0.2) is 0 Å². The quantitative estimate of drug-likeness (QED) is 0.834. The van der Waals surface area contributed by atoms with Gasteiger partial charge in [0, 0.05) is 18.1 Å². The third-order valence-electron chi connectivity index (χ3n) is 3.90. The van der Waals surface area contributed by atoms with Gasteiger partial charge in [-0.2, -0.15) is 0 Å². The second-order valence-corrected chi connectivity index (χ2v) is 7.52. The van der Waals surface area contributed by atoms with Crippen LogP contribution >= 0.6 is 0 Å². The minimum atomic E-state index is -0.881. The lowest BCUT2D eigenvalue weighted by Gasteiger charge is -2.36. The number of nitrogens with one attached hydrogen (secondary N) is 1. The summed E-state index contributed by atoms with van der Waals surface area (Å²) in [5, 5.41) is 11.9. The molecule has 1 aliphatic rings. The number of carboxylic acids is 1. The van der Waals surface area contributed by atoms with E-state index in [4.69, 9.17) is 5.11 Å². The SMILES string of the molecule is CC1(C)CCC(NC(=O)N(CCC(=O)O)C(C)(C)C)C1. The number of carbonyl (C=O) groups excluding carboxylic acids is 1. The number of nitrogens with zero attached hydrogens (tertiary/aromatic N) is 1. The van der Waals surface area contributed by atoms with Crippen molar-refractivity contribution in [3.05, 3.63) is 0 Å². The lowest BCUT2D eigenvalue weighted by atomic mass is 9.92. The van der Waals surface area contributed by atoms with E-state index in [-0.39, 0.29) is 36.0 Å². The number of carbonyl (C=O) groups is 2. The molecule has 116 valence electrons. The largest absolute Gasteiger partial charge is 0.481 e. The summed E-state index contributed by atoms with van der Waals surface area (Å²) in [5.74, 6) is -0.881. The predicted molar refractivity (Wildman–Crippen MR) is 78.7 cm³/mol. The topological polar surface area (TPSA) is 69.6 Å². The molecule has 0 heterocycles. The van der Waals surface area contributed by atoms with E-state index in [1.807, 2.05) is 20.8 Å². The summed E-state index contributed by atoms with van der Waals surface area (Å²) in [5.41, 5.74) is -0.0980. The first kappa shape index (κ1) is 16.8. The summed E-state index contributed by atoms with van der Waals surface area (Å²) >= 11 is 0. The molecule has 5 nitrogen and oxygen atoms in total. The molecule has 1 rings (SSSR count). The molecule has 5 heteroatoms. The Hall–Kier alpha value is -1.26. The summed E-state index contributed by atoms with van der Waals surface area (Å²) in [6, 6.07) is 0.0497. The van der Waals surface area contributed by atoms with Crippen LogP contribution in [-0.4, -0.2) is 40.1 Å². The zero-order valence-electron chi connectivity index (χ0n) is 13.3. The number of rotatable bonds is 4. The van der Waals surface area contributed by atoms with Crippen molar-refractivity contribution >= 4 is 12.0 Å². The molecule has 0 radical (unpaired) electrons. The highest BCUT2D eigenvalue weighted by atomic mass is 16.4. The molecule has 0 saturated heterocycles. The number of urea groups is 1. The van der Waals surface area contributed by atoms with Crippen molar-refractivity contribution in [2.45, 2.75) is 71.9 Å². The van der Waals surface area contributed by atoms with E-state index in [1.165, 1.54) is 0 Å². The van der Waals surface area contributed by atoms with E-state index >= 15 is 0 Å². The summed E-state index contributed by atoms with van der Waals surface area (Å²) in [4.78, 5) is 24.7. The minimum Gasteiger partial charge on any atom is -0.481 e. The molecular weight excluding hydrogens is 256 g/mol. The molecule has 1 saturated carbocycles. The van der Waals surface area contributed by atoms with Gasteiger partial charge in [-0.1, -0.05) is 13.8 Å². The fourth-order valence-electron chi connectivity index (χ4n) is 2.76. The van der Waals surface area contributed by atoms with Gasteiger partial charge in [-0.25, -0.2) is 4.79 Å². The van der Waals surface area contributed by atoms with Crippen molar-refractivity contribution in [1.82, 2.24) is 10.2 Å². The van der Waals surface area contributed by atoms with Gasteiger partial charge in [0.05, 0.1) is 6.42 Å². The van der Waals surface area contributed by atoms with Gasteiger partial charge >= 0.3 is 12.0 Å². The maximum atomic E-state index is 12.4. The Bertz CT molecular complexity index is 372. The fraction of sp³-hybridized carbons (Fsp3) is 0.867. The van der Waals surface area contributed by atoms with Crippen molar-refractivity contribution in [2.75, 3.05) is 6.54 Å². The fourth-order valence-corrected chi connectivity index (χ4v) is 2.76. The zero-order chi connectivity index (χ0) is 15.6. The Morgan fingerprint density at radius 2 is 1.95 bits per heavy atom. The van der Waals surface area contributed by atoms with Gasteiger partial charge in [0.2, 0.25) is 0 Å². The first-order valence-electron chi connectivity index (χ1n) is 7.31. The van der Waals surface area contributed by atoms with Crippen LogP contribution in [0, 0.1) is 5.41 Å². The normalized spacial score (nSPS) is 21.6. The third-order valence-corrected chi connectivity index (χ3v) is 3.90. The molecule has 1 unspecified atom stereocenters. The van der Waals surface area contributed by atoms with E-state index in [0.717, 1.165) is 19.3 Å². The smallest absolute Gasteiger partial charge is 0.318 e. The van der Waals surface area contributed by atoms with Crippen LogP contribution in [0.2, 0.25) is 0 Å². The maximum absolute atomic E-state index is 12.4. The van der Waals surface area contributed by atoms with Crippen LogP contribution < -0.4 is 5.32 Å². The molecule has 0 bridgehead atoms. The average molecular weight is 284 g/mol. The Labute approximate surface area is 121 Å². The van der Waals surface area contributed by atoms with Crippen LogP contribution in [0.1, 0.15) is 60.3 Å². The monoisotopic (exact) mass is 284 g/mol. The Balaban J connectivity index is 2.62. The molecule has 1 fully saturated rings. The molecule has 0 aromatic heterocycles. The van der Waals surface area contributed by atoms with Crippen LogP contribution in [0.3, 0.4) is 0 Å². The predicted octanol–water partition coefficient (Wildman–Crippen LogP) is 2.85. The molecule has 0 aliphatic heterocycles. The summed E-state index contributed by atoms with van der Waals surface area (Å²) in [6.07, 6.45) is 3.06. The van der Waals surface area contributed by atoms with Crippen molar-refractivity contribution in [3.63, 3.8) is 0 Å². The van der Waals surface area contributed by atoms with E-state index < -0.39 is 5.97 Å². The molecular formula is C15H28N2O3. The highest BCUT2D eigenvalue weighted by Gasteiger charge is 2.34. The van der Waals surface area contributed by atoms with Crippen molar-refractivity contribution in [3.8, 4) is 0 Å². The number of aliphatic carboxylic acids is 1. The zero-order valence-corrected chi connectivity index (χ0v) is 13.3.